The molecule has 0 radical (unpaired) electrons. The number of nitrogens with zero attached hydrogens (tertiary/aromatic N) is 3. The molecular formula is C16H11BrClN3O3. The van der Waals surface area contributed by atoms with Crippen LogP contribution in [0, 0.1) is 0 Å². The second-order valence-electron chi connectivity index (χ2n) is 4.93. The molecule has 0 N–H and O–H groups in total. The first-order chi connectivity index (χ1) is 11.5. The van der Waals surface area contributed by atoms with Gasteiger partial charge in [-0.1, -0.05) is 44.9 Å². The molecule has 0 unspecified atom stereocenters. The minimum absolute atomic E-state index is 0.0285. The number of esters is 1. The van der Waals surface area contributed by atoms with Crippen LogP contribution in [0.4, 0.5) is 0 Å². The summed E-state index contributed by atoms with van der Waals surface area (Å²) in [6.07, 6.45) is -0.0285. The molecule has 0 aliphatic heterocycles. The molecule has 0 bridgehead atoms. The number of hydrogen-bond acceptors (Lipinski definition) is 5. The molecule has 6 nitrogen and oxygen atoms in total. The highest BCUT2D eigenvalue weighted by Crippen LogP contribution is 2.27. The van der Waals surface area contributed by atoms with Crippen LogP contribution in [0.5, 0.6) is 5.75 Å². The Labute approximate surface area is 150 Å². The van der Waals surface area contributed by atoms with Crippen LogP contribution in [0.25, 0.3) is 10.9 Å². The van der Waals surface area contributed by atoms with Crippen LogP contribution in [0.2, 0.25) is 5.02 Å². The third kappa shape index (κ3) is 3.63. The van der Waals surface area contributed by atoms with Crippen molar-refractivity contribution in [1.29, 1.82) is 0 Å². The van der Waals surface area contributed by atoms with Gasteiger partial charge in [-0.2, -0.15) is 0 Å². The third-order valence-electron chi connectivity index (χ3n) is 3.27. The average Bonchev–Trinajstić information content (AvgIpc) is 2.57. The van der Waals surface area contributed by atoms with E-state index in [4.69, 9.17) is 16.3 Å². The van der Waals surface area contributed by atoms with E-state index in [1.165, 1.54) is 0 Å². The van der Waals surface area contributed by atoms with Crippen molar-refractivity contribution in [2.24, 2.45) is 0 Å². The van der Waals surface area contributed by atoms with Crippen LogP contribution < -0.4 is 10.3 Å². The number of carbonyl (C=O) groups is 1. The first-order valence-corrected chi connectivity index (χ1v) is 8.20. The molecule has 0 fully saturated rings. The second kappa shape index (κ2) is 7.11. The number of halogens is 2. The molecule has 0 atom stereocenters. The van der Waals surface area contributed by atoms with E-state index in [2.05, 4.69) is 26.2 Å². The average molecular weight is 409 g/mol. The van der Waals surface area contributed by atoms with E-state index < -0.39 is 5.97 Å². The number of carbonyl (C=O) groups excluding carboxylic acids is 1. The van der Waals surface area contributed by atoms with E-state index in [1.54, 1.807) is 42.5 Å². The summed E-state index contributed by atoms with van der Waals surface area (Å²) in [4.78, 5) is 24.2. The zero-order valence-corrected chi connectivity index (χ0v) is 14.6. The number of ether oxygens (including phenoxy) is 1. The molecule has 3 aromatic rings. The van der Waals surface area contributed by atoms with Gasteiger partial charge in [0.25, 0.3) is 5.56 Å². The van der Waals surface area contributed by atoms with Gasteiger partial charge in [0.2, 0.25) is 0 Å². The quantitative estimate of drug-likeness (QED) is 0.489. The van der Waals surface area contributed by atoms with E-state index in [-0.39, 0.29) is 24.3 Å². The number of aryl methyl sites for hydroxylation is 1. The van der Waals surface area contributed by atoms with Crippen molar-refractivity contribution in [3.63, 3.8) is 0 Å². The molecular weight excluding hydrogens is 398 g/mol. The lowest BCUT2D eigenvalue weighted by atomic mass is 10.2. The number of rotatable bonds is 4. The molecule has 2 aromatic carbocycles. The maximum atomic E-state index is 12.3. The highest BCUT2D eigenvalue weighted by Gasteiger charge is 2.11. The minimum atomic E-state index is -0.513. The van der Waals surface area contributed by atoms with Gasteiger partial charge < -0.3 is 4.74 Å². The van der Waals surface area contributed by atoms with Gasteiger partial charge in [0.05, 0.1) is 23.4 Å². The first kappa shape index (κ1) is 16.6. The SMILES string of the molecule is O=C(CCn1nnc2ccccc2c1=O)Oc1ccc(Br)cc1Cl. The Bertz CT molecular complexity index is 974. The van der Waals surface area contributed by atoms with Gasteiger partial charge in [0.15, 0.2) is 0 Å². The summed E-state index contributed by atoms with van der Waals surface area (Å²) in [5, 5.41) is 8.57. The molecule has 24 heavy (non-hydrogen) atoms. The molecule has 0 amide bonds. The Morgan fingerprint density at radius 2 is 2.04 bits per heavy atom. The molecule has 3 rings (SSSR count). The van der Waals surface area contributed by atoms with Crippen molar-refractivity contribution in [2.75, 3.05) is 0 Å². The highest BCUT2D eigenvalue weighted by molar-refractivity contribution is 9.10. The summed E-state index contributed by atoms with van der Waals surface area (Å²) in [7, 11) is 0. The molecule has 0 aliphatic carbocycles. The monoisotopic (exact) mass is 407 g/mol. The van der Waals surface area contributed by atoms with E-state index in [0.717, 1.165) is 9.15 Å². The fourth-order valence-electron chi connectivity index (χ4n) is 2.10. The summed E-state index contributed by atoms with van der Waals surface area (Å²) >= 11 is 9.27. The first-order valence-electron chi connectivity index (χ1n) is 7.03. The predicted molar refractivity (Wildman–Crippen MR) is 93.2 cm³/mol. The van der Waals surface area contributed by atoms with Gasteiger partial charge in [-0.15, -0.1) is 5.10 Å². The van der Waals surface area contributed by atoms with Crippen LogP contribution in [-0.2, 0) is 11.3 Å². The molecule has 0 saturated carbocycles. The van der Waals surface area contributed by atoms with Gasteiger partial charge in [-0.3, -0.25) is 9.59 Å². The summed E-state index contributed by atoms with van der Waals surface area (Å²) in [6.45, 7) is 0.0731. The van der Waals surface area contributed by atoms with Crippen LogP contribution in [-0.4, -0.2) is 21.0 Å². The molecule has 0 spiro atoms. The summed E-state index contributed by atoms with van der Waals surface area (Å²) < 4.78 is 7.12. The zero-order chi connectivity index (χ0) is 17.1. The predicted octanol–water partition coefficient (Wildman–Crippen LogP) is 3.20. The fraction of sp³-hybridized carbons (Fsp3) is 0.125. The number of hydrogen-bond donors (Lipinski definition) is 0. The van der Waals surface area contributed by atoms with E-state index in [9.17, 15) is 9.59 Å². The van der Waals surface area contributed by atoms with Gasteiger partial charge >= 0.3 is 5.97 Å². The lowest BCUT2D eigenvalue weighted by molar-refractivity contribution is -0.134. The molecule has 122 valence electrons. The molecule has 1 aromatic heterocycles. The zero-order valence-electron chi connectivity index (χ0n) is 12.3. The largest absolute Gasteiger partial charge is 0.425 e. The summed E-state index contributed by atoms with van der Waals surface area (Å²) in [5.74, 6) is -0.247. The normalized spacial score (nSPS) is 10.8. The van der Waals surface area contributed by atoms with E-state index >= 15 is 0 Å². The van der Waals surface area contributed by atoms with Gasteiger partial charge in [-0.25, -0.2) is 4.68 Å². The minimum Gasteiger partial charge on any atom is -0.425 e. The molecule has 0 saturated heterocycles. The standard InChI is InChI=1S/C16H11BrClN3O3/c17-10-5-6-14(12(18)9-10)24-15(22)7-8-21-16(23)11-3-1-2-4-13(11)19-20-21/h1-6,9H,7-8H2. The van der Waals surface area contributed by atoms with Crippen LogP contribution in [0.15, 0.2) is 51.7 Å². The second-order valence-corrected chi connectivity index (χ2v) is 6.26. The lowest BCUT2D eigenvalue weighted by Crippen LogP contribution is -2.26. The number of fused-ring (bicyclic) bond motifs is 1. The third-order valence-corrected chi connectivity index (χ3v) is 4.06. The maximum absolute atomic E-state index is 12.3. The Morgan fingerprint density at radius 3 is 2.83 bits per heavy atom. The Kier molecular flexibility index (Phi) is 4.92. The van der Waals surface area contributed by atoms with E-state index in [0.29, 0.717) is 15.9 Å². The van der Waals surface area contributed by atoms with Crippen molar-refractivity contribution in [2.45, 2.75) is 13.0 Å². The Balaban J connectivity index is 1.70. The Hall–Kier alpha value is -2.25. The van der Waals surface area contributed by atoms with Crippen molar-refractivity contribution < 1.29 is 9.53 Å². The highest BCUT2D eigenvalue weighted by atomic mass is 79.9. The molecule has 0 aliphatic rings. The van der Waals surface area contributed by atoms with Gasteiger partial charge in [0, 0.05) is 4.47 Å². The summed E-state index contributed by atoms with van der Waals surface area (Å²) in [6, 6.07) is 11.8. The smallest absolute Gasteiger partial charge is 0.313 e. The summed E-state index contributed by atoms with van der Waals surface area (Å²) in [5.41, 5.74) is 0.220. The lowest BCUT2D eigenvalue weighted by Gasteiger charge is -2.07. The number of benzene rings is 2. The maximum Gasteiger partial charge on any atom is 0.313 e. The fourth-order valence-corrected chi connectivity index (χ4v) is 2.81. The van der Waals surface area contributed by atoms with Crippen molar-refractivity contribution in [3.8, 4) is 5.75 Å². The van der Waals surface area contributed by atoms with Gasteiger partial charge in [0.1, 0.15) is 11.3 Å². The Morgan fingerprint density at radius 1 is 1.25 bits per heavy atom. The van der Waals surface area contributed by atoms with Crippen LogP contribution in [0.3, 0.4) is 0 Å². The molecule has 1 heterocycles. The number of aromatic nitrogens is 3. The van der Waals surface area contributed by atoms with Gasteiger partial charge in [-0.05, 0) is 30.3 Å². The van der Waals surface area contributed by atoms with Crippen molar-refractivity contribution >= 4 is 44.4 Å². The van der Waals surface area contributed by atoms with Crippen LogP contribution in [0.1, 0.15) is 6.42 Å². The van der Waals surface area contributed by atoms with Crippen molar-refractivity contribution in [3.05, 3.63) is 62.3 Å². The van der Waals surface area contributed by atoms with Crippen LogP contribution >= 0.6 is 27.5 Å². The molecule has 8 heteroatoms. The topological polar surface area (TPSA) is 74.1 Å². The van der Waals surface area contributed by atoms with Crippen molar-refractivity contribution in [1.82, 2.24) is 15.0 Å². The van der Waals surface area contributed by atoms with E-state index in [1.807, 2.05) is 0 Å².